The highest BCUT2D eigenvalue weighted by Gasteiger charge is 2.20. The fourth-order valence-electron chi connectivity index (χ4n) is 2.38. The van der Waals surface area contributed by atoms with Crippen LogP contribution in [0.15, 0.2) is 17.0 Å². The third-order valence-corrected chi connectivity index (χ3v) is 5.01. The van der Waals surface area contributed by atoms with Crippen LogP contribution in [0.1, 0.15) is 24.0 Å². The van der Waals surface area contributed by atoms with Crippen molar-refractivity contribution < 1.29 is 17.9 Å². The molecule has 116 valence electrons. The molecule has 21 heavy (non-hydrogen) atoms. The zero-order chi connectivity index (χ0) is 15.6. The van der Waals surface area contributed by atoms with Crippen molar-refractivity contribution in [2.45, 2.75) is 31.6 Å². The molecule has 0 aromatic heterocycles. The molecule has 7 heteroatoms. The van der Waals surface area contributed by atoms with Crippen LogP contribution >= 0.6 is 10.7 Å². The molecule has 1 saturated heterocycles. The van der Waals surface area contributed by atoms with E-state index in [1.807, 2.05) is 0 Å². The molecule has 1 aromatic rings. The van der Waals surface area contributed by atoms with E-state index in [-0.39, 0.29) is 17.4 Å². The van der Waals surface area contributed by atoms with Gasteiger partial charge in [0.2, 0.25) is 0 Å². The standard InChI is InChI=1S/C14H18ClNO4S/c1-10-8-13(21(15,18)19)11(2)7-12(10)20-9-14(17)16-5-3-4-6-16/h7-8H,3-6,9H2,1-2H3. The lowest BCUT2D eigenvalue weighted by Gasteiger charge is -2.17. The quantitative estimate of drug-likeness (QED) is 0.794. The molecule has 1 heterocycles. The molecule has 0 radical (unpaired) electrons. The van der Waals surface area contributed by atoms with Crippen LogP contribution in [0.4, 0.5) is 0 Å². The average Bonchev–Trinajstić information content (AvgIpc) is 2.91. The number of ether oxygens (including phenoxy) is 1. The van der Waals surface area contributed by atoms with Gasteiger partial charge in [0.1, 0.15) is 5.75 Å². The summed E-state index contributed by atoms with van der Waals surface area (Å²) >= 11 is 0. The second kappa shape index (κ2) is 6.23. The van der Waals surface area contributed by atoms with E-state index in [0.29, 0.717) is 16.9 Å². The number of benzene rings is 1. The third-order valence-electron chi connectivity index (χ3n) is 3.55. The van der Waals surface area contributed by atoms with Gasteiger partial charge in [0, 0.05) is 23.8 Å². The van der Waals surface area contributed by atoms with Crippen molar-refractivity contribution in [3.05, 3.63) is 23.3 Å². The molecule has 0 N–H and O–H groups in total. The van der Waals surface area contributed by atoms with Crippen LogP contribution in [-0.2, 0) is 13.8 Å². The number of halogens is 1. The molecule has 1 aliphatic heterocycles. The summed E-state index contributed by atoms with van der Waals surface area (Å²) in [4.78, 5) is 13.8. The number of carbonyl (C=O) groups is 1. The summed E-state index contributed by atoms with van der Waals surface area (Å²) in [5, 5.41) is 0. The van der Waals surface area contributed by atoms with Crippen molar-refractivity contribution in [3.8, 4) is 5.75 Å². The molecule has 1 fully saturated rings. The largest absolute Gasteiger partial charge is 0.483 e. The SMILES string of the molecule is Cc1cc(S(=O)(=O)Cl)c(C)cc1OCC(=O)N1CCCC1. The Hall–Kier alpha value is -1.27. The molecular weight excluding hydrogens is 314 g/mol. The van der Waals surface area contributed by atoms with Crippen molar-refractivity contribution in [2.24, 2.45) is 0 Å². The van der Waals surface area contributed by atoms with Gasteiger partial charge in [-0.25, -0.2) is 8.42 Å². The summed E-state index contributed by atoms with van der Waals surface area (Å²) in [7, 11) is 1.60. The summed E-state index contributed by atoms with van der Waals surface area (Å²) in [6, 6.07) is 3.06. The Morgan fingerprint density at radius 2 is 1.86 bits per heavy atom. The van der Waals surface area contributed by atoms with E-state index in [4.69, 9.17) is 15.4 Å². The smallest absolute Gasteiger partial charge is 0.261 e. The van der Waals surface area contributed by atoms with Crippen LogP contribution in [-0.4, -0.2) is 38.9 Å². The minimum atomic E-state index is -3.78. The molecule has 0 spiro atoms. The number of hydrogen-bond donors (Lipinski definition) is 0. The highest BCUT2D eigenvalue weighted by atomic mass is 35.7. The van der Waals surface area contributed by atoms with E-state index < -0.39 is 9.05 Å². The predicted molar refractivity (Wildman–Crippen MR) is 80.3 cm³/mol. The van der Waals surface area contributed by atoms with E-state index >= 15 is 0 Å². The average molecular weight is 332 g/mol. The Morgan fingerprint density at radius 3 is 2.43 bits per heavy atom. The zero-order valence-electron chi connectivity index (χ0n) is 12.1. The van der Waals surface area contributed by atoms with Crippen molar-refractivity contribution in [3.63, 3.8) is 0 Å². The topological polar surface area (TPSA) is 63.7 Å². The molecule has 0 aliphatic carbocycles. The minimum Gasteiger partial charge on any atom is -0.483 e. The van der Waals surface area contributed by atoms with E-state index in [0.717, 1.165) is 25.9 Å². The number of carbonyl (C=O) groups excluding carboxylic acids is 1. The van der Waals surface area contributed by atoms with Crippen molar-refractivity contribution in [1.29, 1.82) is 0 Å². The van der Waals surface area contributed by atoms with Gasteiger partial charge in [0.15, 0.2) is 6.61 Å². The summed E-state index contributed by atoms with van der Waals surface area (Å²) < 4.78 is 28.4. The highest BCUT2D eigenvalue weighted by molar-refractivity contribution is 8.13. The number of aryl methyl sites for hydroxylation is 2. The molecule has 5 nitrogen and oxygen atoms in total. The van der Waals surface area contributed by atoms with Gasteiger partial charge >= 0.3 is 0 Å². The Morgan fingerprint density at radius 1 is 1.24 bits per heavy atom. The van der Waals surface area contributed by atoms with Gasteiger partial charge in [-0.05, 0) is 49.9 Å². The zero-order valence-corrected chi connectivity index (χ0v) is 13.6. The molecular formula is C14H18ClNO4S. The number of amides is 1. The number of nitrogens with zero attached hydrogens (tertiary/aromatic N) is 1. The third kappa shape index (κ3) is 3.89. The molecule has 0 saturated carbocycles. The van der Waals surface area contributed by atoms with Crippen LogP contribution in [0, 0.1) is 13.8 Å². The van der Waals surface area contributed by atoms with Gasteiger partial charge in [-0.1, -0.05) is 0 Å². The summed E-state index contributed by atoms with van der Waals surface area (Å²) in [6.45, 7) is 4.89. The molecule has 1 aliphatic rings. The lowest BCUT2D eigenvalue weighted by atomic mass is 10.1. The van der Waals surface area contributed by atoms with Crippen LogP contribution in [0.25, 0.3) is 0 Å². The van der Waals surface area contributed by atoms with Gasteiger partial charge in [-0.2, -0.15) is 0 Å². The lowest BCUT2D eigenvalue weighted by Crippen LogP contribution is -2.32. The Labute approximate surface area is 129 Å². The maximum absolute atomic E-state index is 11.9. The van der Waals surface area contributed by atoms with Gasteiger partial charge in [0.25, 0.3) is 15.0 Å². The monoisotopic (exact) mass is 331 g/mol. The summed E-state index contributed by atoms with van der Waals surface area (Å²) in [5.41, 5.74) is 1.13. The fraction of sp³-hybridized carbons (Fsp3) is 0.500. The maximum Gasteiger partial charge on any atom is 0.261 e. The van der Waals surface area contributed by atoms with Gasteiger partial charge < -0.3 is 9.64 Å². The van der Waals surface area contributed by atoms with E-state index in [1.165, 1.54) is 6.07 Å². The van der Waals surface area contributed by atoms with Crippen LogP contribution in [0.3, 0.4) is 0 Å². The summed E-state index contributed by atoms with van der Waals surface area (Å²) in [6.07, 6.45) is 2.07. The van der Waals surface area contributed by atoms with E-state index in [9.17, 15) is 13.2 Å². The first-order valence-corrected chi connectivity index (χ1v) is 9.06. The number of likely N-dealkylation sites (tertiary alicyclic amines) is 1. The van der Waals surface area contributed by atoms with Crippen molar-refractivity contribution in [1.82, 2.24) is 4.90 Å². The molecule has 0 unspecified atom stereocenters. The molecule has 2 rings (SSSR count). The Bertz CT molecular complexity index is 651. The molecule has 0 bridgehead atoms. The van der Waals surface area contributed by atoms with E-state index in [2.05, 4.69) is 0 Å². The Balaban J connectivity index is 2.10. The first kappa shape index (κ1) is 16.1. The fourth-order valence-corrected chi connectivity index (χ4v) is 3.64. The van der Waals surface area contributed by atoms with Crippen LogP contribution in [0.5, 0.6) is 5.75 Å². The second-order valence-electron chi connectivity index (χ2n) is 5.20. The maximum atomic E-state index is 11.9. The molecule has 1 aromatic carbocycles. The number of hydrogen-bond acceptors (Lipinski definition) is 4. The van der Waals surface area contributed by atoms with Gasteiger partial charge in [-0.15, -0.1) is 0 Å². The highest BCUT2D eigenvalue weighted by Crippen LogP contribution is 2.28. The van der Waals surface area contributed by atoms with Crippen molar-refractivity contribution >= 4 is 25.6 Å². The first-order chi connectivity index (χ1) is 9.79. The minimum absolute atomic E-state index is 0.0345. The summed E-state index contributed by atoms with van der Waals surface area (Å²) in [5.74, 6) is 0.461. The van der Waals surface area contributed by atoms with E-state index in [1.54, 1.807) is 24.8 Å². The first-order valence-electron chi connectivity index (χ1n) is 6.75. The Kier molecular flexibility index (Phi) is 4.78. The molecule has 0 atom stereocenters. The number of rotatable bonds is 4. The molecule has 1 amide bonds. The van der Waals surface area contributed by atoms with Crippen molar-refractivity contribution in [2.75, 3.05) is 19.7 Å². The van der Waals surface area contributed by atoms with Crippen LogP contribution < -0.4 is 4.74 Å². The van der Waals surface area contributed by atoms with Crippen LogP contribution in [0.2, 0.25) is 0 Å². The second-order valence-corrected chi connectivity index (χ2v) is 7.73. The predicted octanol–water partition coefficient (Wildman–Crippen LogP) is 2.23. The lowest BCUT2D eigenvalue weighted by molar-refractivity contribution is -0.132. The van der Waals surface area contributed by atoms with Gasteiger partial charge in [-0.3, -0.25) is 4.79 Å². The normalized spacial score (nSPS) is 15.3. The van der Waals surface area contributed by atoms with Gasteiger partial charge in [0.05, 0.1) is 4.90 Å².